The number of nitrogens with one attached hydrogen (secondary N) is 1. The lowest BCUT2D eigenvalue weighted by Gasteiger charge is -2.16. The molecule has 2 rings (SSSR count). The number of benzene rings is 2. The van der Waals surface area contributed by atoms with Crippen molar-refractivity contribution < 1.29 is 4.79 Å². The van der Waals surface area contributed by atoms with Crippen LogP contribution in [0.5, 0.6) is 0 Å². The minimum atomic E-state index is -0.612. The molecule has 0 heterocycles. The van der Waals surface area contributed by atoms with Gasteiger partial charge in [-0.25, -0.2) is 0 Å². The van der Waals surface area contributed by atoms with E-state index in [0.717, 1.165) is 5.56 Å². The SMILES string of the molecule is CC(CNC(=O)C(N)c1ccccc1)c1ccccc1. The fraction of sp³-hybridized carbons (Fsp3) is 0.235. The molecule has 0 aliphatic carbocycles. The van der Waals surface area contributed by atoms with Gasteiger partial charge in [0.15, 0.2) is 0 Å². The van der Waals surface area contributed by atoms with Crippen LogP contribution in [0.25, 0.3) is 0 Å². The molecular weight excluding hydrogens is 248 g/mol. The molecule has 0 saturated heterocycles. The van der Waals surface area contributed by atoms with Gasteiger partial charge in [-0.05, 0) is 17.0 Å². The highest BCUT2D eigenvalue weighted by molar-refractivity contribution is 5.82. The van der Waals surface area contributed by atoms with E-state index in [1.165, 1.54) is 5.56 Å². The van der Waals surface area contributed by atoms with Crippen LogP contribution in [0.15, 0.2) is 60.7 Å². The lowest BCUT2D eigenvalue weighted by atomic mass is 10.0. The zero-order valence-corrected chi connectivity index (χ0v) is 11.6. The first-order valence-corrected chi connectivity index (χ1v) is 6.81. The molecule has 2 aromatic carbocycles. The highest BCUT2D eigenvalue weighted by Gasteiger charge is 2.16. The molecule has 0 aromatic heterocycles. The standard InChI is InChI=1S/C17H20N2O/c1-13(14-8-4-2-5-9-14)12-19-17(20)16(18)15-10-6-3-7-11-15/h2-11,13,16H,12,18H2,1H3,(H,19,20). The summed E-state index contributed by atoms with van der Waals surface area (Å²) in [6, 6.07) is 18.9. The fourth-order valence-corrected chi connectivity index (χ4v) is 2.07. The lowest BCUT2D eigenvalue weighted by molar-refractivity contribution is -0.122. The van der Waals surface area contributed by atoms with Gasteiger partial charge in [0.05, 0.1) is 0 Å². The lowest BCUT2D eigenvalue weighted by Crippen LogP contribution is -2.36. The number of amides is 1. The van der Waals surface area contributed by atoms with E-state index in [-0.39, 0.29) is 11.8 Å². The Bertz CT molecular complexity index is 539. The van der Waals surface area contributed by atoms with Gasteiger partial charge in [-0.3, -0.25) is 4.79 Å². The third-order valence-electron chi connectivity index (χ3n) is 3.39. The van der Waals surface area contributed by atoms with Crippen molar-refractivity contribution in [2.45, 2.75) is 18.9 Å². The summed E-state index contributed by atoms with van der Waals surface area (Å²) in [6.45, 7) is 2.67. The Labute approximate surface area is 119 Å². The zero-order chi connectivity index (χ0) is 14.4. The smallest absolute Gasteiger partial charge is 0.241 e. The summed E-state index contributed by atoms with van der Waals surface area (Å²) >= 11 is 0. The van der Waals surface area contributed by atoms with Gasteiger partial charge in [0, 0.05) is 6.54 Å². The molecule has 0 bridgehead atoms. The number of hydrogen-bond acceptors (Lipinski definition) is 2. The van der Waals surface area contributed by atoms with E-state index in [1.807, 2.05) is 48.5 Å². The number of carbonyl (C=O) groups excluding carboxylic acids is 1. The summed E-state index contributed by atoms with van der Waals surface area (Å²) in [5, 5.41) is 2.92. The van der Waals surface area contributed by atoms with Crippen molar-refractivity contribution in [3.8, 4) is 0 Å². The molecule has 0 fully saturated rings. The van der Waals surface area contributed by atoms with Crippen LogP contribution in [0.3, 0.4) is 0 Å². The Morgan fingerprint density at radius 1 is 1.00 bits per heavy atom. The molecule has 3 nitrogen and oxygen atoms in total. The number of hydrogen-bond donors (Lipinski definition) is 2. The van der Waals surface area contributed by atoms with E-state index in [0.29, 0.717) is 6.54 Å². The van der Waals surface area contributed by atoms with Gasteiger partial charge in [0.2, 0.25) is 5.91 Å². The van der Waals surface area contributed by atoms with Gasteiger partial charge < -0.3 is 11.1 Å². The van der Waals surface area contributed by atoms with Crippen LogP contribution in [0.1, 0.15) is 30.0 Å². The monoisotopic (exact) mass is 268 g/mol. The van der Waals surface area contributed by atoms with Crippen LogP contribution in [0.2, 0.25) is 0 Å². The quantitative estimate of drug-likeness (QED) is 0.875. The van der Waals surface area contributed by atoms with Crippen LogP contribution in [0, 0.1) is 0 Å². The van der Waals surface area contributed by atoms with Crippen molar-refractivity contribution >= 4 is 5.91 Å². The number of nitrogens with two attached hydrogens (primary N) is 1. The van der Waals surface area contributed by atoms with E-state index in [9.17, 15) is 4.79 Å². The summed E-state index contributed by atoms with van der Waals surface area (Å²) < 4.78 is 0. The van der Waals surface area contributed by atoms with E-state index in [1.54, 1.807) is 0 Å². The van der Waals surface area contributed by atoms with Crippen LogP contribution in [-0.4, -0.2) is 12.5 Å². The van der Waals surface area contributed by atoms with Gasteiger partial charge in [0.1, 0.15) is 6.04 Å². The Hall–Kier alpha value is -2.13. The van der Waals surface area contributed by atoms with E-state index in [2.05, 4.69) is 24.4 Å². The van der Waals surface area contributed by atoms with Gasteiger partial charge in [-0.15, -0.1) is 0 Å². The first kappa shape index (κ1) is 14.3. The molecule has 0 radical (unpaired) electrons. The van der Waals surface area contributed by atoms with E-state index in [4.69, 9.17) is 5.73 Å². The van der Waals surface area contributed by atoms with Crippen molar-refractivity contribution in [1.29, 1.82) is 0 Å². The molecule has 104 valence electrons. The number of carbonyl (C=O) groups is 1. The topological polar surface area (TPSA) is 55.1 Å². The van der Waals surface area contributed by atoms with Gasteiger partial charge in [-0.2, -0.15) is 0 Å². The Morgan fingerprint density at radius 3 is 2.05 bits per heavy atom. The highest BCUT2D eigenvalue weighted by atomic mass is 16.2. The normalized spacial score (nSPS) is 13.5. The maximum absolute atomic E-state index is 12.0. The Balaban J connectivity index is 1.89. The average Bonchev–Trinajstić information content (AvgIpc) is 2.53. The predicted molar refractivity (Wildman–Crippen MR) is 81.2 cm³/mol. The zero-order valence-electron chi connectivity index (χ0n) is 11.6. The van der Waals surface area contributed by atoms with E-state index < -0.39 is 6.04 Å². The Morgan fingerprint density at radius 2 is 1.50 bits per heavy atom. The van der Waals surface area contributed by atoms with Gasteiger partial charge in [-0.1, -0.05) is 67.6 Å². The molecule has 0 aliphatic heterocycles. The third kappa shape index (κ3) is 3.68. The maximum Gasteiger partial charge on any atom is 0.241 e. The summed E-state index contributed by atoms with van der Waals surface area (Å²) in [6.07, 6.45) is 0. The molecule has 2 atom stereocenters. The van der Waals surface area contributed by atoms with Crippen molar-refractivity contribution in [3.05, 3.63) is 71.8 Å². The largest absolute Gasteiger partial charge is 0.354 e. The van der Waals surface area contributed by atoms with Gasteiger partial charge in [0.25, 0.3) is 0 Å². The summed E-state index contributed by atoms with van der Waals surface area (Å²) in [5.41, 5.74) is 7.99. The Kier molecular flexibility index (Phi) is 4.91. The second-order valence-corrected chi connectivity index (χ2v) is 4.95. The van der Waals surface area contributed by atoms with Crippen molar-refractivity contribution in [1.82, 2.24) is 5.32 Å². The van der Waals surface area contributed by atoms with Crippen molar-refractivity contribution in [2.24, 2.45) is 5.73 Å². The second kappa shape index (κ2) is 6.87. The van der Waals surface area contributed by atoms with Crippen LogP contribution in [0.4, 0.5) is 0 Å². The minimum absolute atomic E-state index is 0.140. The second-order valence-electron chi connectivity index (χ2n) is 4.95. The summed E-state index contributed by atoms with van der Waals surface area (Å²) in [5.74, 6) is 0.127. The first-order valence-electron chi connectivity index (χ1n) is 6.81. The van der Waals surface area contributed by atoms with E-state index >= 15 is 0 Å². The van der Waals surface area contributed by atoms with Crippen LogP contribution < -0.4 is 11.1 Å². The van der Waals surface area contributed by atoms with Crippen LogP contribution >= 0.6 is 0 Å². The van der Waals surface area contributed by atoms with Crippen molar-refractivity contribution in [2.75, 3.05) is 6.54 Å². The van der Waals surface area contributed by atoms with Crippen LogP contribution in [-0.2, 0) is 4.79 Å². The minimum Gasteiger partial charge on any atom is -0.354 e. The molecule has 1 amide bonds. The maximum atomic E-state index is 12.0. The molecule has 3 N–H and O–H groups in total. The predicted octanol–water partition coefficient (Wildman–Crippen LogP) is 2.61. The van der Waals surface area contributed by atoms with Gasteiger partial charge >= 0.3 is 0 Å². The molecule has 0 spiro atoms. The molecular formula is C17H20N2O. The number of rotatable bonds is 5. The molecule has 20 heavy (non-hydrogen) atoms. The fourth-order valence-electron chi connectivity index (χ4n) is 2.07. The van der Waals surface area contributed by atoms with Crippen molar-refractivity contribution in [3.63, 3.8) is 0 Å². The molecule has 0 saturated carbocycles. The molecule has 2 unspecified atom stereocenters. The summed E-state index contributed by atoms with van der Waals surface area (Å²) in [4.78, 5) is 12.0. The molecule has 0 aliphatic rings. The molecule has 3 heteroatoms. The highest BCUT2D eigenvalue weighted by Crippen LogP contribution is 2.14. The third-order valence-corrected chi connectivity index (χ3v) is 3.39. The summed E-state index contributed by atoms with van der Waals surface area (Å²) in [7, 11) is 0. The average molecular weight is 268 g/mol. The first-order chi connectivity index (χ1) is 9.68. The molecule has 2 aromatic rings.